The molecule has 5 atom stereocenters. The minimum absolute atomic E-state index is 0.291. The topological polar surface area (TPSA) is 180 Å². The first-order valence-corrected chi connectivity index (χ1v) is 15.2. The second kappa shape index (κ2) is 14.2. The standard InChI is InChI=1S/C31H37N5O11/c1-6-42-31(41)34-12-11-25-23(15-34)22-9-7-8-10-24(22)35(25)13-21-14-36(33-32-21)30-29(46-20(5)40)28(45-19(4)39)27(44-18(3)38)26(47-30)16-43-17(2)37/h7-10,14,26-30H,6,11-13,15-16H2,1-5H3/t26-,27-,28+,29-,30-/m1/s1. The lowest BCUT2D eigenvalue weighted by Crippen LogP contribution is -2.60. The second-order valence-corrected chi connectivity index (χ2v) is 11.2. The fourth-order valence-corrected chi connectivity index (χ4v) is 6.04. The first kappa shape index (κ1) is 33.4. The summed E-state index contributed by atoms with van der Waals surface area (Å²) in [5.41, 5.74) is 3.54. The Labute approximate surface area is 269 Å². The highest BCUT2D eigenvalue weighted by atomic mass is 16.7. The van der Waals surface area contributed by atoms with Crippen molar-refractivity contribution in [1.29, 1.82) is 0 Å². The molecule has 0 bridgehead atoms. The maximum Gasteiger partial charge on any atom is 0.410 e. The third-order valence-electron chi connectivity index (χ3n) is 7.79. The van der Waals surface area contributed by atoms with Gasteiger partial charge in [-0.3, -0.25) is 19.2 Å². The van der Waals surface area contributed by atoms with Crippen LogP contribution in [0, 0.1) is 0 Å². The number of nitrogens with zero attached hydrogens (tertiary/aromatic N) is 5. The van der Waals surface area contributed by atoms with Crippen LogP contribution in [0.15, 0.2) is 30.5 Å². The largest absolute Gasteiger partial charge is 0.463 e. The summed E-state index contributed by atoms with van der Waals surface area (Å²) in [6.07, 6.45) is -4.45. The molecule has 0 radical (unpaired) electrons. The maximum absolute atomic E-state index is 12.5. The molecule has 1 amide bonds. The third-order valence-corrected chi connectivity index (χ3v) is 7.79. The molecule has 1 aromatic carbocycles. The average Bonchev–Trinajstić information content (AvgIpc) is 3.60. The summed E-state index contributed by atoms with van der Waals surface area (Å²) in [6, 6.07) is 7.87. The van der Waals surface area contributed by atoms with Crippen LogP contribution in [-0.2, 0) is 67.1 Å². The minimum Gasteiger partial charge on any atom is -0.463 e. The van der Waals surface area contributed by atoms with Crippen molar-refractivity contribution in [3.05, 3.63) is 47.4 Å². The van der Waals surface area contributed by atoms with E-state index >= 15 is 0 Å². The van der Waals surface area contributed by atoms with E-state index in [2.05, 4.69) is 14.9 Å². The quantitative estimate of drug-likeness (QED) is 0.242. The number of carbonyl (C=O) groups is 5. The van der Waals surface area contributed by atoms with Crippen molar-refractivity contribution in [2.75, 3.05) is 19.8 Å². The summed E-state index contributed by atoms with van der Waals surface area (Å²) >= 11 is 0. The SMILES string of the molecule is CCOC(=O)N1CCc2c(c3ccccc3n2Cc2cn([C@@H]3O[C@H](COC(C)=O)[C@@H](OC(C)=O)[C@H](OC(C)=O)[C@H]3OC(C)=O)nn2)C1. The van der Waals surface area contributed by atoms with E-state index in [1.165, 1.54) is 18.5 Å². The van der Waals surface area contributed by atoms with Gasteiger partial charge in [0.25, 0.3) is 0 Å². The predicted octanol–water partition coefficient (Wildman–Crippen LogP) is 2.05. The molecule has 4 heterocycles. The molecule has 2 aliphatic rings. The number of hydrogen-bond acceptors (Lipinski definition) is 13. The molecule has 1 saturated heterocycles. The summed E-state index contributed by atoms with van der Waals surface area (Å²) in [5, 5.41) is 9.63. The Bertz CT molecular complexity index is 1670. The van der Waals surface area contributed by atoms with E-state index in [-0.39, 0.29) is 12.7 Å². The monoisotopic (exact) mass is 655 g/mol. The summed E-state index contributed by atoms with van der Waals surface area (Å²) in [4.78, 5) is 62.3. The van der Waals surface area contributed by atoms with Gasteiger partial charge < -0.3 is 37.9 Å². The van der Waals surface area contributed by atoms with Gasteiger partial charge in [0.05, 0.1) is 25.9 Å². The number of fused-ring (bicyclic) bond motifs is 3. The fraction of sp³-hybridized carbons (Fsp3) is 0.516. The zero-order chi connectivity index (χ0) is 33.8. The van der Waals surface area contributed by atoms with Crippen molar-refractivity contribution >= 4 is 40.9 Å². The molecule has 0 saturated carbocycles. The van der Waals surface area contributed by atoms with Gasteiger partial charge in [0.1, 0.15) is 18.4 Å². The van der Waals surface area contributed by atoms with Crippen molar-refractivity contribution in [1.82, 2.24) is 24.5 Å². The Balaban J connectivity index is 1.49. The molecule has 16 heteroatoms. The van der Waals surface area contributed by atoms with Crippen LogP contribution in [0.4, 0.5) is 4.79 Å². The van der Waals surface area contributed by atoms with Crippen molar-refractivity contribution in [2.24, 2.45) is 0 Å². The van der Waals surface area contributed by atoms with Crippen LogP contribution in [0.25, 0.3) is 10.9 Å². The third kappa shape index (κ3) is 7.37. The van der Waals surface area contributed by atoms with E-state index in [9.17, 15) is 24.0 Å². The fourth-order valence-electron chi connectivity index (χ4n) is 6.04. The van der Waals surface area contributed by atoms with Crippen LogP contribution in [-0.4, -0.2) is 98.6 Å². The first-order chi connectivity index (χ1) is 22.5. The van der Waals surface area contributed by atoms with Gasteiger partial charge in [0, 0.05) is 62.8 Å². The molecular weight excluding hydrogens is 618 g/mol. The molecule has 2 aliphatic heterocycles. The van der Waals surface area contributed by atoms with E-state index < -0.39 is 54.5 Å². The smallest absolute Gasteiger partial charge is 0.410 e. The van der Waals surface area contributed by atoms with Gasteiger partial charge in [0.2, 0.25) is 0 Å². The molecule has 0 spiro atoms. The molecule has 2 aromatic heterocycles. The van der Waals surface area contributed by atoms with Crippen LogP contribution in [0.3, 0.4) is 0 Å². The Morgan fingerprint density at radius 2 is 1.57 bits per heavy atom. The zero-order valence-electron chi connectivity index (χ0n) is 26.7. The molecule has 5 rings (SSSR count). The second-order valence-electron chi connectivity index (χ2n) is 11.2. The average molecular weight is 656 g/mol. The maximum atomic E-state index is 12.5. The number of carbonyl (C=O) groups excluding carboxylic acids is 5. The van der Waals surface area contributed by atoms with Crippen LogP contribution < -0.4 is 0 Å². The van der Waals surface area contributed by atoms with Gasteiger partial charge in [-0.15, -0.1) is 5.10 Å². The summed E-state index contributed by atoms with van der Waals surface area (Å²) in [5.74, 6) is -2.79. The van der Waals surface area contributed by atoms with Crippen LogP contribution in [0.5, 0.6) is 0 Å². The Kier molecular flexibility index (Phi) is 10.1. The predicted molar refractivity (Wildman–Crippen MR) is 159 cm³/mol. The zero-order valence-corrected chi connectivity index (χ0v) is 26.7. The summed E-state index contributed by atoms with van der Waals surface area (Å²) in [6.45, 7) is 7.58. The van der Waals surface area contributed by atoms with Gasteiger partial charge >= 0.3 is 30.0 Å². The molecule has 16 nitrogen and oxygen atoms in total. The van der Waals surface area contributed by atoms with Gasteiger partial charge in [0.15, 0.2) is 24.5 Å². The highest BCUT2D eigenvalue weighted by Gasteiger charge is 2.53. The first-order valence-electron chi connectivity index (χ1n) is 15.2. The Hall–Kier alpha value is -4.99. The van der Waals surface area contributed by atoms with Crippen molar-refractivity contribution in [2.45, 2.75) is 84.8 Å². The number of esters is 4. The van der Waals surface area contributed by atoms with E-state index in [4.69, 9.17) is 28.4 Å². The van der Waals surface area contributed by atoms with E-state index in [0.29, 0.717) is 38.4 Å². The van der Waals surface area contributed by atoms with E-state index in [1.807, 2.05) is 24.3 Å². The van der Waals surface area contributed by atoms with Crippen molar-refractivity contribution < 1.29 is 52.4 Å². The van der Waals surface area contributed by atoms with Gasteiger partial charge in [-0.25, -0.2) is 9.48 Å². The molecule has 0 aliphatic carbocycles. The number of rotatable bonds is 9. The van der Waals surface area contributed by atoms with Crippen molar-refractivity contribution in [3.63, 3.8) is 0 Å². The molecule has 0 N–H and O–H groups in total. The number of ether oxygens (including phenoxy) is 6. The number of amides is 1. The Morgan fingerprint density at radius 1 is 0.894 bits per heavy atom. The van der Waals surface area contributed by atoms with Crippen molar-refractivity contribution in [3.8, 4) is 0 Å². The number of para-hydroxylation sites is 1. The molecule has 3 aromatic rings. The number of benzene rings is 1. The lowest BCUT2D eigenvalue weighted by atomic mass is 9.97. The molecule has 252 valence electrons. The highest BCUT2D eigenvalue weighted by Crippen LogP contribution is 2.35. The number of hydrogen-bond donors (Lipinski definition) is 0. The minimum atomic E-state index is -1.34. The molecule has 1 fully saturated rings. The lowest BCUT2D eigenvalue weighted by molar-refractivity contribution is -0.270. The van der Waals surface area contributed by atoms with Crippen LogP contribution in [0.2, 0.25) is 0 Å². The summed E-state index contributed by atoms with van der Waals surface area (Å²) < 4.78 is 36.6. The van der Waals surface area contributed by atoms with Gasteiger partial charge in [-0.05, 0) is 13.0 Å². The van der Waals surface area contributed by atoms with E-state index in [0.717, 1.165) is 36.0 Å². The molecular formula is C31H37N5O11. The van der Waals surface area contributed by atoms with Crippen LogP contribution in [0.1, 0.15) is 57.8 Å². The summed E-state index contributed by atoms with van der Waals surface area (Å²) in [7, 11) is 0. The van der Waals surface area contributed by atoms with Gasteiger partial charge in [-0.1, -0.05) is 23.4 Å². The Morgan fingerprint density at radius 3 is 2.26 bits per heavy atom. The van der Waals surface area contributed by atoms with Crippen LogP contribution >= 0.6 is 0 Å². The van der Waals surface area contributed by atoms with Gasteiger partial charge in [-0.2, -0.15) is 0 Å². The number of aromatic nitrogens is 4. The highest BCUT2D eigenvalue weighted by molar-refractivity contribution is 5.86. The normalized spacial score (nSPS) is 22.2. The molecule has 47 heavy (non-hydrogen) atoms. The lowest BCUT2D eigenvalue weighted by Gasteiger charge is -2.44. The van der Waals surface area contributed by atoms with E-state index in [1.54, 1.807) is 18.0 Å². The molecule has 0 unspecified atom stereocenters.